The largest absolute Gasteiger partial charge is 0.364 e. The third-order valence-corrected chi connectivity index (χ3v) is 8.09. The minimum Gasteiger partial charge on any atom is -0.364 e. The van der Waals surface area contributed by atoms with Gasteiger partial charge in [0.2, 0.25) is 5.95 Å². The smallest absolute Gasteiger partial charge is 0.268 e. The summed E-state index contributed by atoms with van der Waals surface area (Å²) in [6.07, 6.45) is 2.68. The molecule has 1 aliphatic rings. The van der Waals surface area contributed by atoms with Crippen molar-refractivity contribution in [2.24, 2.45) is 18.5 Å². The number of carbonyl (C=O) groups is 1. The van der Waals surface area contributed by atoms with Crippen LogP contribution in [-0.4, -0.2) is 43.7 Å². The highest BCUT2D eigenvalue weighted by molar-refractivity contribution is 6.43. The van der Waals surface area contributed by atoms with E-state index >= 15 is 0 Å². The number of primary amides is 1. The van der Waals surface area contributed by atoms with Crippen molar-refractivity contribution in [3.8, 4) is 11.1 Å². The molecule has 9 nitrogen and oxygen atoms in total. The number of hydrogen-bond donors (Lipinski definition) is 3. The molecule has 0 aliphatic carbocycles. The number of H-pyrrole nitrogens is 1. The Kier molecular flexibility index (Phi) is 5.78. The van der Waals surface area contributed by atoms with Crippen LogP contribution in [0.2, 0.25) is 10.2 Å². The SMILES string of the molecule is Cn1nc2ccc(-c3c[nH]c4nc(N5CCC(N)(c6ccccc6F)CC5)nc(C(N)=O)c34)c(Cl)c2c1Cl. The van der Waals surface area contributed by atoms with E-state index in [9.17, 15) is 9.18 Å². The molecule has 12 heteroatoms. The van der Waals surface area contributed by atoms with Gasteiger partial charge in [-0.05, 0) is 25.0 Å². The van der Waals surface area contributed by atoms with Gasteiger partial charge >= 0.3 is 0 Å². The van der Waals surface area contributed by atoms with Crippen LogP contribution in [-0.2, 0) is 12.6 Å². The van der Waals surface area contributed by atoms with Crippen molar-refractivity contribution in [1.82, 2.24) is 24.7 Å². The van der Waals surface area contributed by atoms with Crippen LogP contribution < -0.4 is 16.4 Å². The van der Waals surface area contributed by atoms with Gasteiger partial charge in [0.05, 0.1) is 21.3 Å². The van der Waals surface area contributed by atoms with Crippen LogP contribution >= 0.6 is 23.2 Å². The lowest BCUT2D eigenvalue weighted by atomic mass is 9.81. The standard InChI is InChI=1S/C26H23Cl2FN8O/c1-36-22(28)19-17(35-36)7-6-13(20(19)27)14-12-32-24-18(14)21(23(30)38)33-25(34-24)37-10-8-26(31,9-11-37)15-4-2-3-5-16(15)29/h2-7,12H,8-11,31H2,1H3,(H2,30,38)(H,32,33,34). The number of aromatic amines is 1. The number of piperidine rings is 1. The fraction of sp³-hybridized carbons (Fsp3) is 0.231. The van der Waals surface area contributed by atoms with E-state index in [0.29, 0.717) is 80.7 Å². The molecule has 5 N–H and O–H groups in total. The molecule has 0 saturated carbocycles. The minimum absolute atomic E-state index is 0.0633. The summed E-state index contributed by atoms with van der Waals surface area (Å²) in [6.45, 7) is 0.953. The number of benzene rings is 2. The van der Waals surface area contributed by atoms with Crippen LogP contribution in [0.5, 0.6) is 0 Å². The Morgan fingerprint density at radius 1 is 1.08 bits per heavy atom. The number of hydrogen-bond acceptors (Lipinski definition) is 6. The second-order valence-corrected chi connectivity index (χ2v) is 10.3. The summed E-state index contributed by atoms with van der Waals surface area (Å²) in [6, 6.07) is 10.2. The Bertz CT molecular complexity index is 1740. The monoisotopic (exact) mass is 552 g/mol. The lowest BCUT2D eigenvalue weighted by Crippen LogP contribution is -2.49. The quantitative estimate of drug-likeness (QED) is 0.300. The maximum Gasteiger partial charge on any atom is 0.268 e. The molecule has 2 aromatic carbocycles. The summed E-state index contributed by atoms with van der Waals surface area (Å²) in [7, 11) is 1.73. The van der Waals surface area contributed by atoms with Crippen molar-refractivity contribution in [3.05, 3.63) is 69.8 Å². The van der Waals surface area contributed by atoms with Crippen molar-refractivity contribution >= 4 is 57.0 Å². The van der Waals surface area contributed by atoms with E-state index in [0.717, 1.165) is 0 Å². The Labute approximate surface area is 226 Å². The average molecular weight is 553 g/mol. The van der Waals surface area contributed by atoms with E-state index < -0.39 is 11.4 Å². The number of carbonyl (C=O) groups excluding carboxylic acids is 1. The summed E-state index contributed by atoms with van der Waals surface area (Å²) >= 11 is 13.2. The number of nitrogens with one attached hydrogen (secondary N) is 1. The Hall–Kier alpha value is -3.73. The van der Waals surface area contributed by atoms with Crippen molar-refractivity contribution in [2.45, 2.75) is 18.4 Å². The summed E-state index contributed by atoms with van der Waals surface area (Å²) in [5.41, 5.74) is 14.5. The third kappa shape index (κ3) is 3.79. The fourth-order valence-electron chi connectivity index (χ4n) is 5.21. The maximum absolute atomic E-state index is 14.4. The van der Waals surface area contributed by atoms with Crippen LogP contribution in [0.4, 0.5) is 10.3 Å². The van der Waals surface area contributed by atoms with Gasteiger partial charge in [-0.15, -0.1) is 0 Å². The van der Waals surface area contributed by atoms with Gasteiger partial charge in [0.15, 0.2) is 0 Å². The van der Waals surface area contributed by atoms with Gasteiger partial charge in [-0.25, -0.2) is 9.37 Å². The van der Waals surface area contributed by atoms with E-state index in [2.05, 4.69) is 15.1 Å². The molecule has 0 radical (unpaired) electrons. The molecular formula is C26H23Cl2FN8O. The summed E-state index contributed by atoms with van der Waals surface area (Å²) in [4.78, 5) is 26.9. The number of nitrogens with two attached hydrogens (primary N) is 2. The van der Waals surface area contributed by atoms with E-state index in [-0.39, 0.29) is 11.5 Å². The van der Waals surface area contributed by atoms with Gasteiger partial charge < -0.3 is 21.4 Å². The number of halogens is 3. The maximum atomic E-state index is 14.4. The Balaban J connectivity index is 1.39. The number of anilines is 1. The van der Waals surface area contributed by atoms with Crippen LogP contribution in [0.1, 0.15) is 28.9 Å². The van der Waals surface area contributed by atoms with Crippen molar-refractivity contribution < 1.29 is 9.18 Å². The molecule has 6 rings (SSSR count). The first-order valence-corrected chi connectivity index (χ1v) is 12.7. The lowest BCUT2D eigenvalue weighted by molar-refractivity contribution is 0.0997. The van der Waals surface area contributed by atoms with E-state index in [4.69, 9.17) is 39.7 Å². The predicted octanol–water partition coefficient (Wildman–Crippen LogP) is 4.51. The van der Waals surface area contributed by atoms with Crippen molar-refractivity contribution in [3.63, 3.8) is 0 Å². The molecule has 3 aromatic heterocycles. The number of aryl methyl sites for hydroxylation is 1. The Morgan fingerprint density at radius 3 is 2.53 bits per heavy atom. The van der Waals surface area contributed by atoms with E-state index in [1.165, 1.54) is 6.07 Å². The number of aromatic nitrogens is 5. The number of amides is 1. The Morgan fingerprint density at radius 2 is 1.82 bits per heavy atom. The van der Waals surface area contributed by atoms with E-state index in [1.807, 2.05) is 17.0 Å². The average Bonchev–Trinajstić information content (AvgIpc) is 3.45. The summed E-state index contributed by atoms with van der Waals surface area (Å²) in [5, 5.41) is 6.22. The molecule has 1 fully saturated rings. The lowest BCUT2D eigenvalue weighted by Gasteiger charge is -2.39. The van der Waals surface area contributed by atoms with Crippen LogP contribution in [0.15, 0.2) is 42.6 Å². The second-order valence-electron chi connectivity index (χ2n) is 9.52. The zero-order valence-electron chi connectivity index (χ0n) is 20.3. The molecule has 38 heavy (non-hydrogen) atoms. The van der Waals surface area contributed by atoms with E-state index in [1.54, 1.807) is 36.1 Å². The molecule has 4 heterocycles. The van der Waals surface area contributed by atoms with Crippen molar-refractivity contribution in [1.29, 1.82) is 0 Å². The summed E-state index contributed by atoms with van der Waals surface area (Å²) in [5.74, 6) is -0.680. The van der Waals surface area contributed by atoms with Crippen LogP contribution in [0.3, 0.4) is 0 Å². The zero-order valence-corrected chi connectivity index (χ0v) is 21.8. The van der Waals surface area contributed by atoms with Gasteiger partial charge in [-0.3, -0.25) is 9.48 Å². The van der Waals surface area contributed by atoms with Gasteiger partial charge in [0.25, 0.3) is 5.91 Å². The normalized spacial score (nSPS) is 15.4. The molecule has 0 unspecified atom stereocenters. The number of nitrogens with zero attached hydrogens (tertiary/aromatic N) is 5. The molecule has 5 aromatic rings. The number of rotatable bonds is 4. The first kappa shape index (κ1) is 24.6. The molecule has 0 atom stereocenters. The second kappa shape index (κ2) is 8.93. The molecule has 0 spiro atoms. The van der Waals surface area contributed by atoms with Gasteiger partial charge in [0, 0.05) is 48.6 Å². The minimum atomic E-state index is -0.805. The predicted molar refractivity (Wildman–Crippen MR) is 146 cm³/mol. The molecule has 1 amide bonds. The fourth-order valence-corrected chi connectivity index (χ4v) is 5.84. The van der Waals surface area contributed by atoms with Crippen LogP contribution in [0, 0.1) is 5.82 Å². The molecule has 1 saturated heterocycles. The number of fused-ring (bicyclic) bond motifs is 2. The van der Waals surface area contributed by atoms with Crippen LogP contribution in [0.25, 0.3) is 33.1 Å². The van der Waals surface area contributed by atoms with Gasteiger partial charge in [-0.2, -0.15) is 10.1 Å². The molecule has 0 bridgehead atoms. The van der Waals surface area contributed by atoms with Gasteiger partial charge in [-0.1, -0.05) is 47.5 Å². The summed E-state index contributed by atoms with van der Waals surface area (Å²) < 4.78 is 16.0. The first-order chi connectivity index (χ1) is 18.2. The van der Waals surface area contributed by atoms with Gasteiger partial charge in [0.1, 0.15) is 22.3 Å². The highest BCUT2D eigenvalue weighted by Crippen LogP contribution is 2.41. The highest BCUT2D eigenvalue weighted by atomic mass is 35.5. The third-order valence-electron chi connectivity index (χ3n) is 7.26. The molecule has 194 valence electrons. The highest BCUT2D eigenvalue weighted by Gasteiger charge is 2.35. The van der Waals surface area contributed by atoms with Crippen molar-refractivity contribution in [2.75, 3.05) is 18.0 Å². The molecular weight excluding hydrogens is 530 g/mol. The zero-order chi connectivity index (χ0) is 26.8. The first-order valence-electron chi connectivity index (χ1n) is 12.0. The molecule has 1 aliphatic heterocycles. The topological polar surface area (TPSA) is 132 Å².